The number of primary amides is 1. The molecule has 2 N–H and O–H groups in total. The topological polar surface area (TPSA) is 92.3 Å². The highest BCUT2D eigenvalue weighted by atomic mass is 16.6. The number of nitrogens with zero attached hydrogens (tertiary/aromatic N) is 3. The van der Waals surface area contributed by atoms with E-state index >= 15 is 0 Å². The van der Waals surface area contributed by atoms with Crippen molar-refractivity contribution in [2.75, 3.05) is 6.61 Å². The van der Waals surface area contributed by atoms with Crippen molar-refractivity contribution in [1.82, 2.24) is 14.8 Å². The summed E-state index contributed by atoms with van der Waals surface area (Å²) in [5.74, 6) is 2.18. The van der Waals surface area contributed by atoms with Crippen molar-refractivity contribution in [2.45, 2.75) is 50.7 Å². The molecule has 0 bridgehead atoms. The first kappa shape index (κ1) is 15.9. The van der Waals surface area contributed by atoms with E-state index in [0.717, 1.165) is 24.4 Å². The van der Waals surface area contributed by atoms with Gasteiger partial charge in [-0.1, -0.05) is 31.4 Å². The van der Waals surface area contributed by atoms with Crippen LogP contribution in [0.4, 0.5) is 0 Å². The van der Waals surface area contributed by atoms with Gasteiger partial charge in [-0.2, -0.15) is 5.10 Å². The highest BCUT2D eigenvalue weighted by Crippen LogP contribution is 2.37. The predicted molar refractivity (Wildman–Crippen MR) is 90.3 cm³/mol. The molecule has 1 saturated carbocycles. The molecule has 1 atom stereocenters. The van der Waals surface area contributed by atoms with Gasteiger partial charge in [-0.25, -0.2) is 9.67 Å². The lowest BCUT2D eigenvalue weighted by molar-refractivity contribution is -0.117. The summed E-state index contributed by atoms with van der Waals surface area (Å²) in [6, 6.07) is 7.88. The second-order valence-electron chi connectivity index (χ2n) is 6.63. The molecule has 25 heavy (non-hydrogen) atoms. The van der Waals surface area contributed by atoms with Gasteiger partial charge in [0.05, 0.1) is 12.5 Å². The number of benzene rings is 1. The third-order valence-electron chi connectivity index (χ3n) is 4.75. The van der Waals surface area contributed by atoms with Gasteiger partial charge >= 0.3 is 0 Å². The quantitative estimate of drug-likeness (QED) is 0.920. The number of hydrogen-bond acceptors (Lipinski definition) is 5. The fourth-order valence-corrected chi connectivity index (χ4v) is 3.57. The third kappa shape index (κ3) is 3.31. The Balaban J connectivity index is 1.65. The minimum atomic E-state index is -0.432. The summed E-state index contributed by atoms with van der Waals surface area (Å²) >= 11 is 0. The molecule has 1 amide bonds. The van der Waals surface area contributed by atoms with Crippen LogP contribution in [-0.2, 0) is 11.2 Å². The first-order chi connectivity index (χ1) is 12.2. The maximum atomic E-state index is 11.3. The van der Waals surface area contributed by atoms with Gasteiger partial charge in [-0.3, -0.25) is 4.79 Å². The molecule has 7 nitrogen and oxygen atoms in total. The van der Waals surface area contributed by atoms with Crippen molar-refractivity contribution >= 4 is 5.91 Å². The van der Waals surface area contributed by atoms with E-state index in [1.54, 1.807) is 0 Å². The lowest BCUT2D eigenvalue weighted by Crippen LogP contribution is -2.27. The molecule has 4 rings (SSSR count). The molecular weight excluding hydrogens is 320 g/mol. The van der Waals surface area contributed by atoms with Crippen LogP contribution in [0, 0.1) is 0 Å². The molecule has 132 valence electrons. The van der Waals surface area contributed by atoms with Gasteiger partial charge in [0.2, 0.25) is 5.91 Å². The number of carbonyl (C=O) groups excluding carboxylic acids is 1. The SMILES string of the molecule is NC(=O)Cc1nc([C@@H]2COc3ccccc3O2)n(C2CCCCC2)n1. The molecule has 1 aliphatic heterocycles. The highest BCUT2D eigenvalue weighted by molar-refractivity contribution is 5.75. The molecule has 0 saturated heterocycles. The minimum Gasteiger partial charge on any atom is -0.485 e. The van der Waals surface area contributed by atoms with Gasteiger partial charge in [0.15, 0.2) is 29.3 Å². The second-order valence-corrected chi connectivity index (χ2v) is 6.63. The van der Waals surface area contributed by atoms with Crippen molar-refractivity contribution in [3.05, 3.63) is 35.9 Å². The Labute approximate surface area is 146 Å². The third-order valence-corrected chi connectivity index (χ3v) is 4.75. The average molecular weight is 342 g/mol. The largest absolute Gasteiger partial charge is 0.485 e. The summed E-state index contributed by atoms with van der Waals surface area (Å²) < 4.78 is 13.9. The Morgan fingerprint density at radius 2 is 1.96 bits per heavy atom. The standard InChI is InChI=1S/C18H22N4O3/c19-16(23)10-17-20-18(22(21-17)12-6-2-1-3-7-12)15-11-24-13-8-4-5-9-14(13)25-15/h4-5,8-9,12,15H,1-3,6-7,10-11H2,(H2,19,23)/t15-/m0/s1. The predicted octanol–water partition coefficient (Wildman–Crippen LogP) is 2.32. The van der Waals surface area contributed by atoms with Crippen molar-refractivity contribution in [3.8, 4) is 11.5 Å². The Bertz CT molecular complexity index is 767. The lowest BCUT2D eigenvalue weighted by Gasteiger charge is -2.28. The fourth-order valence-electron chi connectivity index (χ4n) is 3.57. The van der Waals surface area contributed by atoms with Gasteiger partial charge in [0.25, 0.3) is 0 Å². The summed E-state index contributed by atoms with van der Waals surface area (Å²) in [7, 11) is 0. The Morgan fingerprint density at radius 3 is 2.72 bits per heavy atom. The van der Waals surface area contributed by atoms with Crippen LogP contribution in [0.15, 0.2) is 24.3 Å². The molecule has 0 radical (unpaired) electrons. The van der Waals surface area contributed by atoms with Crippen molar-refractivity contribution in [2.24, 2.45) is 5.73 Å². The zero-order chi connectivity index (χ0) is 17.2. The van der Waals surface area contributed by atoms with Crippen LogP contribution >= 0.6 is 0 Å². The Hall–Kier alpha value is -2.57. The van der Waals surface area contributed by atoms with Crippen molar-refractivity contribution in [3.63, 3.8) is 0 Å². The molecular formula is C18H22N4O3. The monoisotopic (exact) mass is 342 g/mol. The summed E-state index contributed by atoms with van der Waals surface area (Å²) in [4.78, 5) is 15.9. The number of nitrogens with two attached hydrogens (primary N) is 1. The fraction of sp³-hybridized carbons (Fsp3) is 0.500. The Kier molecular flexibility index (Phi) is 4.29. The first-order valence-electron chi connectivity index (χ1n) is 8.83. The molecule has 1 fully saturated rings. The van der Waals surface area contributed by atoms with Gasteiger partial charge < -0.3 is 15.2 Å². The molecule has 2 aliphatic rings. The molecule has 0 spiro atoms. The number of hydrogen-bond donors (Lipinski definition) is 1. The van der Waals surface area contributed by atoms with E-state index < -0.39 is 5.91 Å². The van der Waals surface area contributed by atoms with Crippen LogP contribution in [0.5, 0.6) is 11.5 Å². The molecule has 1 aromatic carbocycles. The summed E-state index contributed by atoms with van der Waals surface area (Å²) in [5, 5.41) is 4.57. The number of para-hydroxylation sites is 2. The van der Waals surface area contributed by atoms with Gasteiger partial charge in [0, 0.05) is 0 Å². The molecule has 2 aromatic rings. The molecule has 2 heterocycles. The van der Waals surface area contributed by atoms with Gasteiger partial charge in [-0.05, 0) is 25.0 Å². The molecule has 7 heteroatoms. The van der Waals surface area contributed by atoms with E-state index in [2.05, 4.69) is 10.1 Å². The van der Waals surface area contributed by atoms with Crippen LogP contribution < -0.4 is 15.2 Å². The maximum absolute atomic E-state index is 11.3. The minimum absolute atomic E-state index is 0.0386. The van der Waals surface area contributed by atoms with E-state index in [0.29, 0.717) is 24.2 Å². The number of amides is 1. The van der Waals surface area contributed by atoms with Gasteiger partial charge in [0.1, 0.15) is 6.61 Å². The van der Waals surface area contributed by atoms with E-state index in [9.17, 15) is 4.79 Å². The van der Waals surface area contributed by atoms with E-state index in [-0.39, 0.29) is 12.5 Å². The number of carbonyl (C=O) groups is 1. The number of rotatable bonds is 4. The molecule has 1 aliphatic carbocycles. The number of aromatic nitrogens is 3. The van der Waals surface area contributed by atoms with E-state index in [1.165, 1.54) is 19.3 Å². The molecule has 1 aromatic heterocycles. The summed E-state index contributed by atoms with van der Waals surface area (Å²) in [6.07, 6.45) is 5.44. The van der Waals surface area contributed by atoms with Crippen LogP contribution in [-0.4, -0.2) is 27.3 Å². The smallest absolute Gasteiger partial charge is 0.225 e. The van der Waals surface area contributed by atoms with Crippen LogP contribution in [0.3, 0.4) is 0 Å². The average Bonchev–Trinajstić information content (AvgIpc) is 3.05. The molecule has 0 unspecified atom stereocenters. The lowest BCUT2D eigenvalue weighted by atomic mass is 9.95. The summed E-state index contributed by atoms with van der Waals surface area (Å²) in [5.41, 5.74) is 5.32. The maximum Gasteiger partial charge on any atom is 0.225 e. The van der Waals surface area contributed by atoms with Crippen LogP contribution in [0.25, 0.3) is 0 Å². The number of ether oxygens (including phenoxy) is 2. The normalized spacial score (nSPS) is 20.4. The second kappa shape index (κ2) is 6.74. The van der Waals surface area contributed by atoms with Crippen molar-refractivity contribution < 1.29 is 14.3 Å². The van der Waals surface area contributed by atoms with Crippen LogP contribution in [0.2, 0.25) is 0 Å². The van der Waals surface area contributed by atoms with Crippen molar-refractivity contribution in [1.29, 1.82) is 0 Å². The van der Waals surface area contributed by atoms with E-state index in [1.807, 2.05) is 28.9 Å². The van der Waals surface area contributed by atoms with Crippen LogP contribution in [0.1, 0.15) is 55.9 Å². The highest BCUT2D eigenvalue weighted by Gasteiger charge is 2.31. The Morgan fingerprint density at radius 1 is 1.20 bits per heavy atom. The van der Waals surface area contributed by atoms with Gasteiger partial charge in [-0.15, -0.1) is 0 Å². The summed E-state index contributed by atoms with van der Waals surface area (Å²) in [6.45, 7) is 0.373. The zero-order valence-corrected chi connectivity index (χ0v) is 14.1. The first-order valence-corrected chi connectivity index (χ1v) is 8.83. The number of fused-ring (bicyclic) bond motifs is 1. The van der Waals surface area contributed by atoms with E-state index in [4.69, 9.17) is 15.2 Å². The zero-order valence-electron chi connectivity index (χ0n) is 14.1.